The van der Waals surface area contributed by atoms with Gasteiger partial charge in [0.2, 0.25) is 10.0 Å². The third kappa shape index (κ3) is 4.66. The minimum Gasteiger partial charge on any atom is -0.452 e. The molecule has 8 heteroatoms. The minimum absolute atomic E-state index is 0.187. The average molecular weight is 453 g/mol. The van der Waals surface area contributed by atoms with Crippen LogP contribution in [0.5, 0.6) is 0 Å². The first-order valence-electron chi connectivity index (χ1n) is 10.3. The molecular formula is C24H24N2O5S. The van der Waals surface area contributed by atoms with Gasteiger partial charge in [-0.3, -0.25) is 4.79 Å². The van der Waals surface area contributed by atoms with Crippen LogP contribution >= 0.6 is 0 Å². The number of ether oxygens (including phenoxy) is 1. The van der Waals surface area contributed by atoms with Gasteiger partial charge in [-0.15, -0.1) is 0 Å². The van der Waals surface area contributed by atoms with Crippen molar-refractivity contribution in [2.75, 3.05) is 32.8 Å². The van der Waals surface area contributed by atoms with Crippen LogP contribution in [0, 0.1) is 6.92 Å². The van der Waals surface area contributed by atoms with Crippen molar-refractivity contribution in [3.8, 4) is 0 Å². The molecule has 0 unspecified atom stereocenters. The molecule has 0 aliphatic carbocycles. The number of aryl methyl sites for hydroxylation is 1. The summed E-state index contributed by atoms with van der Waals surface area (Å²) in [5.41, 5.74) is 1.32. The lowest BCUT2D eigenvalue weighted by Crippen LogP contribution is -2.51. The Labute approximate surface area is 187 Å². The van der Waals surface area contributed by atoms with Crippen LogP contribution in [0.25, 0.3) is 10.8 Å². The van der Waals surface area contributed by atoms with Gasteiger partial charge in [0.25, 0.3) is 5.91 Å². The lowest BCUT2D eigenvalue weighted by atomic mass is 10.1. The number of piperazine rings is 1. The number of sulfonamides is 1. The quantitative estimate of drug-likeness (QED) is 0.556. The third-order valence-corrected chi connectivity index (χ3v) is 7.43. The summed E-state index contributed by atoms with van der Waals surface area (Å²) in [7, 11) is -3.66. The number of nitrogens with zero attached hydrogens (tertiary/aromatic N) is 2. The lowest BCUT2D eigenvalue weighted by Gasteiger charge is -2.33. The normalized spacial score (nSPS) is 15.0. The smallest absolute Gasteiger partial charge is 0.338 e. The molecule has 1 heterocycles. The van der Waals surface area contributed by atoms with E-state index in [4.69, 9.17) is 4.74 Å². The van der Waals surface area contributed by atoms with E-state index in [2.05, 4.69) is 0 Å². The fraction of sp³-hybridized carbons (Fsp3) is 0.250. The summed E-state index contributed by atoms with van der Waals surface area (Å²) < 4.78 is 32.6. The van der Waals surface area contributed by atoms with Crippen molar-refractivity contribution in [1.82, 2.24) is 9.21 Å². The molecule has 32 heavy (non-hydrogen) atoms. The first-order chi connectivity index (χ1) is 15.3. The Morgan fingerprint density at radius 1 is 0.875 bits per heavy atom. The highest BCUT2D eigenvalue weighted by Gasteiger charge is 2.30. The first-order valence-corrected chi connectivity index (χ1v) is 11.8. The van der Waals surface area contributed by atoms with E-state index in [0.29, 0.717) is 5.56 Å². The van der Waals surface area contributed by atoms with Crippen LogP contribution in [0.3, 0.4) is 0 Å². The summed E-state index contributed by atoms with van der Waals surface area (Å²) in [6, 6.07) is 19.6. The van der Waals surface area contributed by atoms with Crippen LogP contribution in [0.4, 0.5) is 0 Å². The highest BCUT2D eigenvalue weighted by atomic mass is 32.2. The second-order valence-electron chi connectivity index (χ2n) is 7.74. The molecule has 0 bridgehead atoms. The fourth-order valence-electron chi connectivity index (χ4n) is 3.73. The zero-order valence-electron chi connectivity index (χ0n) is 17.7. The number of hydrogen-bond donors (Lipinski definition) is 0. The number of carbonyl (C=O) groups excluding carboxylic acids is 2. The van der Waals surface area contributed by atoms with Crippen molar-refractivity contribution in [1.29, 1.82) is 0 Å². The molecule has 1 saturated heterocycles. The van der Waals surface area contributed by atoms with Crippen LogP contribution < -0.4 is 0 Å². The van der Waals surface area contributed by atoms with Crippen molar-refractivity contribution in [2.24, 2.45) is 0 Å². The molecule has 7 nitrogen and oxygen atoms in total. The maximum atomic E-state index is 13.1. The molecular weight excluding hydrogens is 428 g/mol. The molecule has 0 aromatic heterocycles. The van der Waals surface area contributed by atoms with Crippen molar-refractivity contribution in [3.63, 3.8) is 0 Å². The molecule has 3 aromatic rings. The van der Waals surface area contributed by atoms with E-state index in [9.17, 15) is 18.0 Å². The van der Waals surface area contributed by atoms with E-state index >= 15 is 0 Å². The fourth-order valence-corrected chi connectivity index (χ4v) is 5.19. The number of benzene rings is 3. The number of fused-ring (bicyclic) bond motifs is 1. The first kappa shape index (κ1) is 22.0. The van der Waals surface area contributed by atoms with Crippen LogP contribution in [-0.2, 0) is 19.6 Å². The zero-order valence-corrected chi connectivity index (χ0v) is 18.5. The van der Waals surface area contributed by atoms with Crippen LogP contribution in [-0.4, -0.2) is 62.3 Å². The van der Waals surface area contributed by atoms with Gasteiger partial charge in [0.05, 0.1) is 10.5 Å². The van der Waals surface area contributed by atoms with E-state index in [1.165, 1.54) is 9.21 Å². The zero-order chi connectivity index (χ0) is 22.7. The molecule has 1 aliphatic rings. The molecule has 1 amide bonds. The van der Waals surface area contributed by atoms with Crippen LogP contribution in [0.15, 0.2) is 71.6 Å². The molecule has 1 fully saturated rings. The van der Waals surface area contributed by atoms with Gasteiger partial charge in [0, 0.05) is 26.2 Å². The molecule has 0 spiro atoms. The summed E-state index contributed by atoms with van der Waals surface area (Å²) in [5.74, 6) is -0.895. The largest absolute Gasteiger partial charge is 0.452 e. The van der Waals surface area contributed by atoms with Gasteiger partial charge < -0.3 is 9.64 Å². The van der Waals surface area contributed by atoms with Crippen molar-refractivity contribution < 1.29 is 22.7 Å². The Hall–Kier alpha value is -3.23. The molecule has 4 rings (SSSR count). The molecule has 0 saturated carbocycles. The molecule has 1 aliphatic heterocycles. The van der Waals surface area contributed by atoms with Gasteiger partial charge in [0.1, 0.15) is 0 Å². The number of hydrogen-bond acceptors (Lipinski definition) is 5. The second kappa shape index (κ2) is 9.10. The van der Waals surface area contributed by atoms with Gasteiger partial charge in [-0.2, -0.15) is 4.31 Å². The van der Waals surface area contributed by atoms with Gasteiger partial charge in [-0.1, -0.05) is 48.0 Å². The summed E-state index contributed by atoms with van der Waals surface area (Å²) in [6.45, 7) is 2.36. The van der Waals surface area contributed by atoms with Crippen molar-refractivity contribution in [2.45, 2.75) is 11.8 Å². The van der Waals surface area contributed by atoms with Gasteiger partial charge >= 0.3 is 5.97 Å². The van der Waals surface area contributed by atoms with Crippen LogP contribution in [0.2, 0.25) is 0 Å². The van der Waals surface area contributed by atoms with Gasteiger partial charge in [-0.05, 0) is 42.0 Å². The molecule has 0 radical (unpaired) electrons. The number of rotatable bonds is 5. The van der Waals surface area contributed by atoms with Crippen molar-refractivity contribution >= 4 is 32.7 Å². The lowest BCUT2D eigenvalue weighted by molar-refractivity contribution is -0.135. The predicted molar refractivity (Wildman–Crippen MR) is 121 cm³/mol. The van der Waals surface area contributed by atoms with E-state index in [1.54, 1.807) is 36.4 Å². The van der Waals surface area contributed by atoms with Crippen molar-refractivity contribution in [3.05, 3.63) is 77.9 Å². The Bertz CT molecular complexity index is 1260. The summed E-state index contributed by atoms with van der Waals surface area (Å²) in [5, 5.41) is 1.83. The Balaban J connectivity index is 1.34. The molecule has 3 aromatic carbocycles. The Kier molecular flexibility index (Phi) is 6.25. The summed E-state index contributed by atoms with van der Waals surface area (Å²) in [4.78, 5) is 26.4. The minimum atomic E-state index is -3.66. The van der Waals surface area contributed by atoms with E-state index in [-0.39, 0.29) is 43.6 Å². The molecule has 0 N–H and O–H groups in total. The van der Waals surface area contributed by atoms with Crippen LogP contribution in [0.1, 0.15) is 15.9 Å². The van der Waals surface area contributed by atoms with E-state index in [1.807, 2.05) is 37.3 Å². The molecule has 166 valence electrons. The highest BCUT2D eigenvalue weighted by molar-refractivity contribution is 7.89. The number of carbonyl (C=O) groups is 2. The number of esters is 1. The maximum absolute atomic E-state index is 13.1. The van der Waals surface area contributed by atoms with E-state index in [0.717, 1.165) is 16.3 Å². The second-order valence-corrected chi connectivity index (χ2v) is 9.68. The van der Waals surface area contributed by atoms with E-state index < -0.39 is 16.0 Å². The highest BCUT2D eigenvalue weighted by Crippen LogP contribution is 2.23. The summed E-state index contributed by atoms with van der Waals surface area (Å²) >= 11 is 0. The SMILES string of the molecule is Cc1cccc(C(=O)OCC(=O)N2CCN(S(=O)(=O)c3ccc4ccccc4c3)CC2)c1. The standard InChI is InChI=1S/C24H24N2O5S/c1-18-5-4-8-21(15-18)24(28)31-17-23(27)25-11-13-26(14-12-25)32(29,30)22-10-9-19-6-2-3-7-20(19)16-22/h2-10,15-16H,11-14,17H2,1H3. The maximum Gasteiger partial charge on any atom is 0.338 e. The predicted octanol–water partition coefficient (Wildman–Crippen LogP) is 2.84. The average Bonchev–Trinajstić information content (AvgIpc) is 2.82. The third-order valence-electron chi connectivity index (χ3n) is 5.53. The monoisotopic (exact) mass is 452 g/mol. The Morgan fingerprint density at radius 2 is 1.59 bits per heavy atom. The van der Waals surface area contributed by atoms with Gasteiger partial charge in [-0.25, -0.2) is 13.2 Å². The number of amides is 1. The Morgan fingerprint density at radius 3 is 2.31 bits per heavy atom. The summed E-state index contributed by atoms with van der Waals surface area (Å²) in [6.07, 6.45) is 0. The molecule has 0 atom stereocenters. The van der Waals surface area contributed by atoms with Gasteiger partial charge in [0.15, 0.2) is 6.61 Å². The topological polar surface area (TPSA) is 84.0 Å².